The van der Waals surface area contributed by atoms with Gasteiger partial charge in [0.15, 0.2) is 0 Å². The van der Waals surface area contributed by atoms with Gasteiger partial charge in [-0.3, -0.25) is 0 Å². The van der Waals surface area contributed by atoms with E-state index in [1.807, 2.05) is 42.6 Å². The highest BCUT2D eigenvalue weighted by atomic mass is 32.1. The maximum Gasteiger partial charge on any atom is 0.107 e. The minimum atomic E-state index is -0.0274. The van der Waals surface area contributed by atoms with Crippen LogP contribution >= 0.6 is 11.3 Å². The number of hydrogen-bond donors (Lipinski definition) is 2. The number of rotatable bonds is 5. The zero-order valence-electron chi connectivity index (χ0n) is 9.76. The first kappa shape index (κ1) is 12.2. The Morgan fingerprint density at radius 2 is 2.12 bits per heavy atom. The number of aliphatic hydroxyl groups excluding tert-OH is 1. The molecule has 4 heteroatoms. The number of benzene rings is 1. The molecule has 0 spiro atoms. The molecule has 0 amide bonds. The molecular formula is C13H16N2OS. The Morgan fingerprint density at radius 3 is 2.71 bits per heavy atom. The second kappa shape index (κ2) is 5.91. The number of aryl methyl sites for hydroxylation is 1. The van der Waals surface area contributed by atoms with Crippen LogP contribution < -0.4 is 5.32 Å². The van der Waals surface area contributed by atoms with Gasteiger partial charge >= 0.3 is 0 Å². The van der Waals surface area contributed by atoms with Crippen LogP contribution in [0.4, 0.5) is 0 Å². The van der Waals surface area contributed by atoms with Crippen molar-refractivity contribution in [3.63, 3.8) is 0 Å². The van der Waals surface area contributed by atoms with Crippen molar-refractivity contribution in [3.05, 3.63) is 52.0 Å². The summed E-state index contributed by atoms with van der Waals surface area (Å²) < 4.78 is 0. The van der Waals surface area contributed by atoms with E-state index in [0.717, 1.165) is 16.3 Å². The normalized spacial score (nSPS) is 12.6. The van der Waals surface area contributed by atoms with E-state index in [1.54, 1.807) is 11.3 Å². The Bertz CT molecular complexity index is 455. The average molecular weight is 248 g/mol. The highest BCUT2D eigenvalue weighted by molar-refractivity contribution is 7.09. The van der Waals surface area contributed by atoms with Crippen molar-refractivity contribution >= 4 is 11.3 Å². The summed E-state index contributed by atoms with van der Waals surface area (Å²) in [6.45, 7) is 2.77. The van der Waals surface area contributed by atoms with Gasteiger partial charge in [0, 0.05) is 17.6 Å². The van der Waals surface area contributed by atoms with Gasteiger partial charge in [-0.25, -0.2) is 4.98 Å². The minimum Gasteiger partial charge on any atom is -0.394 e. The highest BCUT2D eigenvalue weighted by Gasteiger charge is 2.09. The van der Waals surface area contributed by atoms with Crippen LogP contribution in [-0.4, -0.2) is 16.7 Å². The number of nitrogens with zero attached hydrogens (tertiary/aromatic N) is 1. The van der Waals surface area contributed by atoms with Crippen molar-refractivity contribution in [2.45, 2.75) is 19.5 Å². The summed E-state index contributed by atoms with van der Waals surface area (Å²) in [6, 6.07) is 9.94. The fraction of sp³-hybridized carbons (Fsp3) is 0.308. The van der Waals surface area contributed by atoms with Gasteiger partial charge in [-0.15, -0.1) is 11.3 Å². The van der Waals surface area contributed by atoms with E-state index in [9.17, 15) is 5.11 Å². The van der Waals surface area contributed by atoms with Gasteiger partial charge in [0.25, 0.3) is 0 Å². The van der Waals surface area contributed by atoms with Crippen molar-refractivity contribution < 1.29 is 5.11 Å². The molecule has 0 aliphatic heterocycles. The lowest BCUT2D eigenvalue weighted by Crippen LogP contribution is -2.23. The Balaban J connectivity index is 1.97. The summed E-state index contributed by atoms with van der Waals surface area (Å²) in [4.78, 5) is 4.38. The molecule has 1 atom stereocenters. The predicted octanol–water partition coefficient (Wildman–Crippen LogP) is 2.27. The van der Waals surface area contributed by atoms with Crippen LogP contribution in [0.2, 0.25) is 0 Å². The second-order valence-corrected chi connectivity index (χ2v) is 4.85. The van der Waals surface area contributed by atoms with Gasteiger partial charge in [0.05, 0.1) is 12.6 Å². The zero-order chi connectivity index (χ0) is 12.1. The van der Waals surface area contributed by atoms with E-state index in [-0.39, 0.29) is 12.6 Å². The Kier molecular flexibility index (Phi) is 4.25. The van der Waals surface area contributed by atoms with E-state index in [0.29, 0.717) is 6.54 Å². The molecule has 2 rings (SSSR count). The van der Waals surface area contributed by atoms with Crippen molar-refractivity contribution in [1.29, 1.82) is 0 Å². The molecule has 0 fully saturated rings. The summed E-state index contributed by atoms with van der Waals surface area (Å²) >= 11 is 1.64. The molecule has 2 aromatic rings. The van der Waals surface area contributed by atoms with Crippen molar-refractivity contribution in [2.24, 2.45) is 0 Å². The fourth-order valence-electron chi connectivity index (χ4n) is 1.67. The van der Waals surface area contributed by atoms with E-state index < -0.39 is 0 Å². The van der Waals surface area contributed by atoms with E-state index >= 15 is 0 Å². The maximum absolute atomic E-state index is 9.38. The molecule has 1 aromatic carbocycles. The second-order valence-electron chi connectivity index (χ2n) is 3.91. The maximum atomic E-state index is 9.38. The van der Waals surface area contributed by atoms with Gasteiger partial charge in [-0.05, 0) is 12.5 Å². The lowest BCUT2D eigenvalue weighted by atomic mass is 10.1. The topological polar surface area (TPSA) is 45.1 Å². The molecule has 0 aliphatic carbocycles. The third-order valence-corrected chi connectivity index (χ3v) is 3.52. The monoisotopic (exact) mass is 248 g/mol. The predicted molar refractivity (Wildman–Crippen MR) is 70.0 cm³/mol. The summed E-state index contributed by atoms with van der Waals surface area (Å²) in [6.07, 6.45) is 0. The quantitative estimate of drug-likeness (QED) is 0.853. The lowest BCUT2D eigenvalue weighted by molar-refractivity contribution is 0.243. The SMILES string of the molecule is Cc1csc(CNC(CO)c2ccccc2)n1. The Hall–Kier alpha value is -1.23. The molecule has 1 aromatic heterocycles. The molecule has 0 saturated heterocycles. The summed E-state index contributed by atoms with van der Waals surface area (Å²) in [5.74, 6) is 0. The highest BCUT2D eigenvalue weighted by Crippen LogP contribution is 2.14. The third-order valence-electron chi connectivity index (χ3n) is 2.55. The van der Waals surface area contributed by atoms with Gasteiger partial charge in [-0.2, -0.15) is 0 Å². The van der Waals surface area contributed by atoms with Crippen LogP contribution in [0.5, 0.6) is 0 Å². The van der Waals surface area contributed by atoms with Gasteiger partial charge in [0.1, 0.15) is 5.01 Å². The minimum absolute atomic E-state index is 0.0274. The standard InChI is InChI=1S/C13H16N2OS/c1-10-9-17-13(15-10)7-14-12(8-16)11-5-3-2-4-6-11/h2-6,9,12,14,16H,7-8H2,1H3. The van der Waals surface area contributed by atoms with Crippen LogP contribution in [-0.2, 0) is 6.54 Å². The number of hydrogen-bond acceptors (Lipinski definition) is 4. The fourth-order valence-corrected chi connectivity index (χ4v) is 2.39. The van der Waals surface area contributed by atoms with E-state index in [2.05, 4.69) is 10.3 Å². The third kappa shape index (κ3) is 3.36. The summed E-state index contributed by atoms with van der Waals surface area (Å²) in [7, 11) is 0. The van der Waals surface area contributed by atoms with Crippen LogP contribution in [0.3, 0.4) is 0 Å². The molecule has 0 radical (unpaired) electrons. The molecule has 0 aliphatic rings. The molecule has 3 nitrogen and oxygen atoms in total. The Labute approximate surface area is 105 Å². The zero-order valence-corrected chi connectivity index (χ0v) is 10.6. The largest absolute Gasteiger partial charge is 0.394 e. The van der Waals surface area contributed by atoms with Crippen molar-refractivity contribution in [1.82, 2.24) is 10.3 Å². The molecule has 0 bridgehead atoms. The van der Waals surface area contributed by atoms with Crippen LogP contribution in [0.1, 0.15) is 22.3 Å². The van der Waals surface area contributed by atoms with Crippen LogP contribution in [0, 0.1) is 6.92 Å². The van der Waals surface area contributed by atoms with Gasteiger partial charge in [-0.1, -0.05) is 30.3 Å². The number of aliphatic hydroxyl groups is 1. The summed E-state index contributed by atoms with van der Waals surface area (Å²) in [5.41, 5.74) is 2.15. The molecular weight excluding hydrogens is 232 g/mol. The van der Waals surface area contributed by atoms with E-state index in [1.165, 1.54) is 0 Å². The van der Waals surface area contributed by atoms with Gasteiger partial charge in [0.2, 0.25) is 0 Å². The van der Waals surface area contributed by atoms with Crippen molar-refractivity contribution in [2.75, 3.05) is 6.61 Å². The van der Waals surface area contributed by atoms with E-state index in [4.69, 9.17) is 0 Å². The number of aromatic nitrogens is 1. The molecule has 1 unspecified atom stereocenters. The molecule has 2 N–H and O–H groups in total. The molecule has 17 heavy (non-hydrogen) atoms. The lowest BCUT2D eigenvalue weighted by Gasteiger charge is -2.15. The number of thiazole rings is 1. The smallest absolute Gasteiger partial charge is 0.107 e. The van der Waals surface area contributed by atoms with Crippen LogP contribution in [0.15, 0.2) is 35.7 Å². The average Bonchev–Trinajstić information content (AvgIpc) is 2.77. The first-order valence-corrected chi connectivity index (χ1v) is 6.47. The van der Waals surface area contributed by atoms with Crippen molar-refractivity contribution in [3.8, 4) is 0 Å². The first-order chi connectivity index (χ1) is 8.29. The summed E-state index contributed by atoms with van der Waals surface area (Å²) in [5, 5.41) is 15.8. The molecule has 1 heterocycles. The first-order valence-electron chi connectivity index (χ1n) is 5.60. The Morgan fingerprint density at radius 1 is 1.35 bits per heavy atom. The number of nitrogens with one attached hydrogen (secondary N) is 1. The van der Waals surface area contributed by atoms with Gasteiger partial charge < -0.3 is 10.4 Å². The molecule has 0 saturated carbocycles. The molecule has 90 valence electrons. The van der Waals surface area contributed by atoms with Crippen LogP contribution in [0.25, 0.3) is 0 Å².